The van der Waals surface area contributed by atoms with E-state index >= 15 is 0 Å². The van der Waals surface area contributed by atoms with Crippen molar-refractivity contribution in [3.05, 3.63) is 0 Å². The van der Waals surface area contributed by atoms with Crippen LogP contribution in [0.1, 0.15) is 32.6 Å². The molecule has 0 rings (SSSR count). The van der Waals surface area contributed by atoms with Gasteiger partial charge in [0.15, 0.2) is 0 Å². The quantitative estimate of drug-likeness (QED) is 0.597. The van der Waals surface area contributed by atoms with Crippen LogP contribution in [0.15, 0.2) is 0 Å². The highest BCUT2D eigenvalue weighted by Gasteiger charge is 2.25. The summed E-state index contributed by atoms with van der Waals surface area (Å²) in [7, 11) is 0. The maximum absolute atomic E-state index is 11.8. The SMILES string of the molecule is CC(CCCNC(=O)NCCCC(F)(F)F)C(=O)O. The van der Waals surface area contributed by atoms with Gasteiger partial charge in [0.2, 0.25) is 0 Å². The molecule has 3 N–H and O–H groups in total. The van der Waals surface area contributed by atoms with Gasteiger partial charge in [-0.2, -0.15) is 13.2 Å². The molecule has 0 radical (unpaired) electrons. The van der Waals surface area contributed by atoms with Gasteiger partial charge in [-0.1, -0.05) is 6.92 Å². The van der Waals surface area contributed by atoms with Gasteiger partial charge < -0.3 is 15.7 Å². The number of carboxylic acids is 1. The van der Waals surface area contributed by atoms with Gasteiger partial charge in [0.1, 0.15) is 0 Å². The first-order valence-corrected chi connectivity index (χ1v) is 6.03. The Morgan fingerprint density at radius 1 is 1.16 bits per heavy atom. The van der Waals surface area contributed by atoms with Crippen LogP contribution in [0.5, 0.6) is 0 Å². The molecule has 5 nitrogen and oxygen atoms in total. The van der Waals surface area contributed by atoms with Crippen LogP contribution in [0.4, 0.5) is 18.0 Å². The molecule has 0 aliphatic carbocycles. The Kier molecular flexibility index (Phi) is 7.94. The molecule has 0 aliphatic heterocycles. The van der Waals surface area contributed by atoms with Crippen LogP contribution in [-0.2, 0) is 4.79 Å². The molecule has 0 aliphatic rings. The Hall–Kier alpha value is -1.47. The number of carboxylic acid groups (broad SMARTS) is 1. The lowest BCUT2D eigenvalue weighted by molar-refractivity contribution is -0.141. The zero-order valence-corrected chi connectivity index (χ0v) is 10.7. The van der Waals surface area contributed by atoms with Gasteiger partial charge >= 0.3 is 18.2 Å². The molecular weight excluding hydrogens is 265 g/mol. The van der Waals surface area contributed by atoms with Crippen LogP contribution in [0.3, 0.4) is 0 Å². The molecule has 19 heavy (non-hydrogen) atoms. The lowest BCUT2D eigenvalue weighted by Crippen LogP contribution is -2.37. The minimum Gasteiger partial charge on any atom is -0.481 e. The maximum Gasteiger partial charge on any atom is 0.389 e. The highest BCUT2D eigenvalue weighted by molar-refractivity contribution is 5.73. The van der Waals surface area contributed by atoms with Gasteiger partial charge in [0.25, 0.3) is 0 Å². The molecule has 0 saturated carbocycles. The summed E-state index contributed by atoms with van der Waals surface area (Å²) < 4.78 is 35.4. The molecule has 2 amide bonds. The molecule has 1 atom stereocenters. The molecule has 0 aromatic rings. The molecular formula is C11H19F3N2O3. The number of alkyl halides is 3. The Labute approximate surface area is 109 Å². The van der Waals surface area contributed by atoms with Crippen LogP contribution in [-0.4, -0.2) is 36.4 Å². The fourth-order valence-corrected chi connectivity index (χ4v) is 1.29. The fourth-order valence-electron chi connectivity index (χ4n) is 1.29. The molecule has 0 spiro atoms. The Morgan fingerprint density at radius 2 is 1.68 bits per heavy atom. The predicted octanol–water partition coefficient (Wildman–Crippen LogP) is 2.13. The number of urea groups is 1. The van der Waals surface area contributed by atoms with Crippen LogP contribution in [0.25, 0.3) is 0 Å². The lowest BCUT2D eigenvalue weighted by atomic mass is 10.1. The number of halogens is 3. The van der Waals surface area contributed by atoms with Crippen molar-refractivity contribution in [3.8, 4) is 0 Å². The zero-order chi connectivity index (χ0) is 14.9. The van der Waals surface area contributed by atoms with Crippen LogP contribution in [0.2, 0.25) is 0 Å². The minimum atomic E-state index is -4.20. The first-order chi connectivity index (χ1) is 8.72. The Bertz CT molecular complexity index is 295. The van der Waals surface area contributed by atoms with Crippen molar-refractivity contribution in [1.29, 1.82) is 0 Å². The molecule has 1 unspecified atom stereocenters. The molecule has 0 aromatic heterocycles. The van der Waals surface area contributed by atoms with E-state index in [-0.39, 0.29) is 13.0 Å². The average molecular weight is 284 g/mol. The number of hydrogen-bond acceptors (Lipinski definition) is 2. The number of carbonyl (C=O) groups is 2. The van der Waals surface area contributed by atoms with E-state index in [1.807, 2.05) is 0 Å². The Balaban J connectivity index is 3.48. The van der Waals surface area contributed by atoms with Crippen LogP contribution >= 0.6 is 0 Å². The number of rotatable bonds is 8. The van der Waals surface area contributed by atoms with E-state index in [9.17, 15) is 22.8 Å². The fraction of sp³-hybridized carbons (Fsp3) is 0.818. The Morgan fingerprint density at radius 3 is 2.16 bits per heavy atom. The average Bonchev–Trinajstić information content (AvgIpc) is 2.28. The van der Waals surface area contributed by atoms with Crippen LogP contribution < -0.4 is 10.6 Å². The molecule has 8 heteroatoms. The summed E-state index contributed by atoms with van der Waals surface area (Å²) in [5.41, 5.74) is 0. The number of hydrogen-bond donors (Lipinski definition) is 3. The summed E-state index contributed by atoms with van der Waals surface area (Å²) in [6, 6.07) is -0.537. The summed E-state index contributed by atoms with van der Waals surface area (Å²) in [4.78, 5) is 21.6. The third-order valence-electron chi connectivity index (χ3n) is 2.44. The second-order valence-corrected chi connectivity index (χ2v) is 4.28. The monoisotopic (exact) mass is 284 g/mol. The first-order valence-electron chi connectivity index (χ1n) is 6.03. The van der Waals surface area contributed by atoms with Gasteiger partial charge in [-0.3, -0.25) is 4.79 Å². The predicted molar refractivity (Wildman–Crippen MR) is 62.7 cm³/mol. The summed E-state index contributed by atoms with van der Waals surface area (Å²) in [5.74, 6) is -1.37. The maximum atomic E-state index is 11.8. The number of aliphatic carboxylic acids is 1. The molecule has 0 fully saturated rings. The molecule has 0 bridgehead atoms. The van der Waals surface area contributed by atoms with Gasteiger partial charge in [-0.05, 0) is 19.3 Å². The standard InChI is InChI=1S/C11H19F3N2O3/c1-8(9(17)18)4-2-6-15-10(19)16-7-3-5-11(12,13)14/h8H,2-7H2,1H3,(H,17,18)(H2,15,16,19). The number of nitrogens with one attached hydrogen (secondary N) is 2. The molecule has 0 aromatic carbocycles. The second kappa shape index (κ2) is 8.60. The first kappa shape index (κ1) is 17.5. The summed E-state index contributed by atoms with van der Waals surface area (Å²) >= 11 is 0. The third-order valence-corrected chi connectivity index (χ3v) is 2.44. The van der Waals surface area contributed by atoms with E-state index in [0.717, 1.165) is 0 Å². The topological polar surface area (TPSA) is 78.4 Å². The highest BCUT2D eigenvalue weighted by Crippen LogP contribution is 2.20. The van der Waals surface area contributed by atoms with E-state index in [1.165, 1.54) is 0 Å². The van der Waals surface area contributed by atoms with Gasteiger partial charge in [-0.15, -0.1) is 0 Å². The van der Waals surface area contributed by atoms with E-state index in [1.54, 1.807) is 6.92 Å². The number of amides is 2. The zero-order valence-electron chi connectivity index (χ0n) is 10.7. The van der Waals surface area contributed by atoms with E-state index in [0.29, 0.717) is 19.4 Å². The lowest BCUT2D eigenvalue weighted by Gasteiger charge is -2.09. The van der Waals surface area contributed by atoms with Crippen LogP contribution in [0, 0.1) is 5.92 Å². The van der Waals surface area contributed by atoms with Crippen molar-refractivity contribution in [2.45, 2.75) is 38.8 Å². The summed E-state index contributed by atoms with van der Waals surface area (Å²) in [5, 5.41) is 13.4. The smallest absolute Gasteiger partial charge is 0.389 e. The van der Waals surface area contributed by atoms with Crippen molar-refractivity contribution in [2.75, 3.05) is 13.1 Å². The minimum absolute atomic E-state index is 0.0448. The largest absolute Gasteiger partial charge is 0.481 e. The van der Waals surface area contributed by atoms with Crippen molar-refractivity contribution >= 4 is 12.0 Å². The highest BCUT2D eigenvalue weighted by atomic mass is 19.4. The second-order valence-electron chi connectivity index (χ2n) is 4.28. The van der Waals surface area contributed by atoms with Crippen molar-refractivity contribution < 1.29 is 27.9 Å². The molecule has 0 saturated heterocycles. The van der Waals surface area contributed by atoms with Crippen molar-refractivity contribution in [2.24, 2.45) is 5.92 Å². The van der Waals surface area contributed by atoms with E-state index in [4.69, 9.17) is 5.11 Å². The normalized spacial score (nSPS) is 12.8. The van der Waals surface area contributed by atoms with E-state index in [2.05, 4.69) is 10.6 Å². The summed E-state index contributed by atoms with van der Waals surface area (Å²) in [6.45, 7) is 1.82. The molecule has 0 heterocycles. The van der Waals surface area contributed by atoms with Gasteiger partial charge in [0, 0.05) is 19.5 Å². The third kappa shape index (κ3) is 11.4. The van der Waals surface area contributed by atoms with Crippen molar-refractivity contribution in [3.63, 3.8) is 0 Å². The van der Waals surface area contributed by atoms with E-state index < -0.39 is 30.5 Å². The van der Waals surface area contributed by atoms with Gasteiger partial charge in [0.05, 0.1) is 5.92 Å². The van der Waals surface area contributed by atoms with Crippen molar-refractivity contribution in [1.82, 2.24) is 10.6 Å². The number of carbonyl (C=O) groups excluding carboxylic acids is 1. The van der Waals surface area contributed by atoms with Gasteiger partial charge in [-0.25, -0.2) is 4.79 Å². The molecule has 112 valence electrons. The summed E-state index contributed by atoms with van der Waals surface area (Å²) in [6.07, 6.45) is -4.35.